The molecule has 15 heavy (non-hydrogen) atoms. The first-order chi connectivity index (χ1) is 7.19. The lowest BCUT2D eigenvalue weighted by molar-refractivity contribution is 0.0774. The quantitative estimate of drug-likeness (QED) is 0.743. The Labute approximate surface area is 88.8 Å². The number of amides is 1. The molecule has 0 spiro atoms. The van der Waals surface area contributed by atoms with Crippen molar-refractivity contribution in [3.8, 4) is 0 Å². The van der Waals surface area contributed by atoms with E-state index in [1.54, 1.807) is 11.9 Å². The minimum absolute atomic E-state index is 0.0122. The third kappa shape index (κ3) is 1.43. The van der Waals surface area contributed by atoms with Gasteiger partial charge in [-0.15, -0.1) is 0 Å². The maximum Gasteiger partial charge on any atom is 0.274 e. The molecular formula is C10H16N4O. The highest BCUT2D eigenvalue weighted by Crippen LogP contribution is 2.20. The maximum absolute atomic E-state index is 11.8. The minimum atomic E-state index is 0.0122. The van der Waals surface area contributed by atoms with Crippen molar-refractivity contribution >= 4 is 5.91 Å². The van der Waals surface area contributed by atoms with Gasteiger partial charge >= 0.3 is 0 Å². The van der Waals surface area contributed by atoms with Gasteiger partial charge in [-0.05, 0) is 13.3 Å². The fourth-order valence-electron chi connectivity index (χ4n) is 2.02. The lowest BCUT2D eigenvalue weighted by Gasteiger charge is -2.21. The summed E-state index contributed by atoms with van der Waals surface area (Å²) < 4.78 is 1.84. The number of aromatic nitrogens is 2. The molecule has 0 fully saturated rings. The van der Waals surface area contributed by atoms with E-state index >= 15 is 0 Å². The van der Waals surface area contributed by atoms with E-state index in [9.17, 15) is 4.79 Å². The number of fused-ring (bicyclic) bond motifs is 1. The number of likely N-dealkylation sites (N-methyl/N-ethyl adjacent to an activating group) is 1. The van der Waals surface area contributed by atoms with E-state index in [2.05, 4.69) is 5.10 Å². The Hall–Kier alpha value is -1.36. The Balaban J connectivity index is 2.52. The van der Waals surface area contributed by atoms with Crippen LogP contribution >= 0.6 is 0 Å². The molecule has 0 saturated carbocycles. The van der Waals surface area contributed by atoms with E-state index in [1.807, 2.05) is 11.6 Å². The summed E-state index contributed by atoms with van der Waals surface area (Å²) in [6, 6.07) is 0. The summed E-state index contributed by atoms with van der Waals surface area (Å²) in [5.74, 6) is 0.0122. The van der Waals surface area contributed by atoms with Crippen molar-refractivity contribution in [3.05, 3.63) is 17.0 Å². The zero-order chi connectivity index (χ0) is 11.0. The summed E-state index contributed by atoms with van der Waals surface area (Å²) in [6.45, 7) is 3.98. The van der Waals surface area contributed by atoms with E-state index in [1.165, 1.54) is 0 Å². The van der Waals surface area contributed by atoms with Gasteiger partial charge in [0.2, 0.25) is 0 Å². The molecular weight excluding hydrogens is 192 g/mol. The van der Waals surface area contributed by atoms with Gasteiger partial charge in [-0.25, -0.2) is 0 Å². The van der Waals surface area contributed by atoms with Crippen LogP contribution in [0.4, 0.5) is 0 Å². The molecule has 0 atom stereocenters. The number of rotatable bonds is 2. The van der Waals surface area contributed by atoms with Crippen molar-refractivity contribution in [2.75, 3.05) is 13.6 Å². The average molecular weight is 208 g/mol. The maximum atomic E-state index is 11.8. The van der Waals surface area contributed by atoms with Crippen LogP contribution in [-0.4, -0.2) is 34.2 Å². The van der Waals surface area contributed by atoms with Crippen molar-refractivity contribution in [3.63, 3.8) is 0 Å². The molecule has 0 bridgehead atoms. The first-order valence-electron chi connectivity index (χ1n) is 5.23. The summed E-state index contributed by atoms with van der Waals surface area (Å²) in [5, 5.41) is 4.32. The summed E-state index contributed by atoms with van der Waals surface area (Å²) in [4.78, 5) is 13.5. The average Bonchev–Trinajstić information content (AvgIpc) is 2.61. The highest BCUT2D eigenvalue weighted by atomic mass is 16.2. The zero-order valence-electron chi connectivity index (χ0n) is 9.16. The summed E-state index contributed by atoms with van der Waals surface area (Å²) in [7, 11) is 1.80. The molecule has 2 heterocycles. The lowest BCUT2D eigenvalue weighted by atomic mass is 10.0. The van der Waals surface area contributed by atoms with Crippen LogP contribution in [0.5, 0.6) is 0 Å². The van der Waals surface area contributed by atoms with Gasteiger partial charge in [-0.3, -0.25) is 9.48 Å². The first kappa shape index (κ1) is 10.2. The highest BCUT2D eigenvalue weighted by Gasteiger charge is 2.28. The molecule has 1 aliphatic rings. The van der Waals surface area contributed by atoms with E-state index in [0.717, 1.165) is 30.8 Å². The van der Waals surface area contributed by atoms with Gasteiger partial charge in [-0.1, -0.05) is 0 Å². The molecule has 0 unspecified atom stereocenters. The van der Waals surface area contributed by atoms with Crippen LogP contribution in [0.2, 0.25) is 0 Å². The largest absolute Gasteiger partial charge is 0.340 e. The Morgan fingerprint density at radius 2 is 2.27 bits per heavy atom. The third-order valence-electron chi connectivity index (χ3n) is 2.91. The fourth-order valence-corrected chi connectivity index (χ4v) is 2.02. The molecule has 2 N–H and O–H groups in total. The number of carbonyl (C=O) groups is 1. The number of hydrogen-bond donors (Lipinski definition) is 1. The van der Waals surface area contributed by atoms with Crippen LogP contribution in [0.25, 0.3) is 0 Å². The number of aryl methyl sites for hydroxylation is 1. The van der Waals surface area contributed by atoms with Gasteiger partial charge in [0.15, 0.2) is 5.69 Å². The van der Waals surface area contributed by atoms with Crippen LogP contribution in [0.1, 0.15) is 28.7 Å². The van der Waals surface area contributed by atoms with Crippen LogP contribution < -0.4 is 5.73 Å². The predicted octanol–water partition coefficient (Wildman–Crippen LogP) is -0.0102. The molecule has 0 aromatic carbocycles. The Morgan fingerprint density at radius 3 is 2.87 bits per heavy atom. The second kappa shape index (κ2) is 3.66. The highest BCUT2D eigenvalue weighted by molar-refractivity contribution is 5.94. The van der Waals surface area contributed by atoms with Gasteiger partial charge < -0.3 is 10.6 Å². The molecule has 1 amide bonds. The van der Waals surface area contributed by atoms with Crippen molar-refractivity contribution in [1.29, 1.82) is 0 Å². The topological polar surface area (TPSA) is 64.2 Å². The second-order valence-electron chi connectivity index (χ2n) is 3.77. The summed E-state index contributed by atoms with van der Waals surface area (Å²) in [6.07, 6.45) is 0.865. The monoisotopic (exact) mass is 208 g/mol. The van der Waals surface area contributed by atoms with Crippen LogP contribution in [-0.2, 0) is 19.5 Å². The van der Waals surface area contributed by atoms with Gasteiger partial charge in [0.25, 0.3) is 5.91 Å². The summed E-state index contributed by atoms with van der Waals surface area (Å²) in [5.41, 5.74) is 8.33. The van der Waals surface area contributed by atoms with Crippen LogP contribution in [0.15, 0.2) is 0 Å². The first-order valence-corrected chi connectivity index (χ1v) is 5.23. The van der Waals surface area contributed by atoms with Crippen LogP contribution in [0, 0.1) is 0 Å². The number of hydrogen-bond acceptors (Lipinski definition) is 3. The SMILES string of the molecule is CCn1nc2c(c1CN)CCN(C)C2=O. The van der Waals surface area contributed by atoms with E-state index < -0.39 is 0 Å². The van der Waals surface area contributed by atoms with Gasteiger partial charge in [0.05, 0.1) is 5.69 Å². The van der Waals surface area contributed by atoms with E-state index in [4.69, 9.17) is 5.73 Å². The Morgan fingerprint density at radius 1 is 1.53 bits per heavy atom. The molecule has 1 aliphatic heterocycles. The predicted molar refractivity (Wildman–Crippen MR) is 56.5 cm³/mol. The van der Waals surface area contributed by atoms with Gasteiger partial charge in [0.1, 0.15) is 0 Å². The molecule has 5 nitrogen and oxygen atoms in total. The van der Waals surface area contributed by atoms with Crippen molar-refractivity contribution in [1.82, 2.24) is 14.7 Å². The smallest absolute Gasteiger partial charge is 0.274 e. The van der Waals surface area contributed by atoms with Crippen molar-refractivity contribution in [2.45, 2.75) is 26.4 Å². The number of carbonyl (C=O) groups excluding carboxylic acids is 1. The number of nitrogens with two attached hydrogens (primary N) is 1. The Bertz CT molecular complexity index is 396. The molecule has 0 aliphatic carbocycles. The van der Waals surface area contributed by atoms with Crippen LogP contribution in [0.3, 0.4) is 0 Å². The molecule has 82 valence electrons. The van der Waals surface area contributed by atoms with Crippen molar-refractivity contribution < 1.29 is 4.79 Å². The minimum Gasteiger partial charge on any atom is -0.340 e. The van der Waals surface area contributed by atoms with Crippen molar-refractivity contribution in [2.24, 2.45) is 5.73 Å². The van der Waals surface area contributed by atoms with E-state index in [0.29, 0.717) is 12.2 Å². The number of nitrogens with zero attached hydrogens (tertiary/aromatic N) is 3. The Kier molecular flexibility index (Phi) is 2.48. The fraction of sp³-hybridized carbons (Fsp3) is 0.600. The zero-order valence-corrected chi connectivity index (χ0v) is 9.16. The van der Waals surface area contributed by atoms with Gasteiger partial charge in [-0.2, -0.15) is 5.10 Å². The molecule has 1 aromatic rings. The van der Waals surface area contributed by atoms with E-state index in [-0.39, 0.29) is 5.91 Å². The molecule has 0 radical (unpaired) electrons. The molecule has 0 saturated heterocycles. The molecule has 1 aromatic heterocycles. The molecule has 5 heteroatoms. The standard InChI is InChI=1S/C10H16N4O/c1-3-14-8(6-11)7-4-5-13(2)10(15)9(7)12-14/h3-6,11H2,1-2H3. The second-order valence-corrected chi connectivity index (χ2v) is 3.77. The lowest BCUT2D eigenvalue weighted by Crippen LogP contribution is -2.34. The molecule has 2 rings (SSSR count). The van der Waals surface area contributed by atoms with Gasteiger partial charge in [0, 0.05) is 32.2 Å². The third-order valence-corrected chi connectivity index (χ3v) is 2.91. The normalized spacial score (nSPS) is 15.7. The summed E-state index contributed by atoms with van der Waals surface area (Å²) >= 11 is 0.